The van der Waals surface area contributed by atoms with Crippen LogP contribution in [-0.4, -0.2) is 36.7 Å². The highest BCUT2D eigenvalue weighted by Crippen LogP contribution is 2.31. The molecule has 1 aliphatic heterocycles. The molecule has 3 aromatic rings. The van der Waals surface area contributed by atoms with Crippen LogP contribution in [0.25, 0.3) is 10.2 Å². The van der Waals surface area contributed by atoms with Crippen LogP contribution in [0, 0.1) is 12.8 Å². The van der Waals surface area contributed by atoms with E-state index in [9.17, 15) is 13.2 Å². The van der Waals surface area contributed by atoms with Crippen molar-refractivity contribution in [1.29, 1.82) is 0 Å². The number of carbonyl (C=O) groups is 1. The number of hydrogen-bond donors (Lipinski definition) is 1. The Labute approximate surface area is 176 Å². The molecule has 28 heavy (non-hydrogen) atoms. The Morgan fingerprint density at radius 3 is 2.64 bits per heavy atom. The van der Waals surface area contributed by atoms with E-state index in [1.807, 2.05) is 25.1 Å². The van der Waals surface area contributed by atoms with Crippen molar-refractivity contribution < 1.29 is 13.2 Å². The number of fused-ring (bicyclic) bond motifs is 1. The topological polar surface area (TPSA) is 79.4 Å². The Kier molecular flexibility index (Phi) is 5.45. The second-order valence-electron chi connectivity index (χ2n) is 6.72. The van der Waals surface area contributed by atoms with Gasteiger partial charge in [-0.15, -0.1) is 11.3 Å². The average Bonchev–Trinajstić information content (AvgIpc) is 3.27. The smallest absolute Gasteiger partial charge is 0.252 e. The minimum absolute atomic E-state index is 0.105. The Morgan fingerprint density at radius 1 is 1.21 bits per heavy atom. The highest BCUT2D eigenvalue weighted by molar-refractivity contribution is 7.91. The third kappa shape index (κ3) is 3.95. The van der Waals surface area contributed by atoms with E-state index >= 15 is 0 Å². The molecule has 4 rings (SSSR count). The van der Waals surface area contributed by atoms with Crippen molar-refractivity contribution in [3.05, 3.63) is 40.2 Å². The molecule has 1 aromatic carbocycles. The van der Waals surface area contributed by atoms with Gasteiger partial charge >= 0.3 is 0 Å². The van der Waals surface area contributed by atoms with Crippen LogP contribution in [-0.2, 0) is 14.8 Å². The number of thiophene rings is 1. The number of anilines is 1. The molecule has 3 heterocycles. The van der Waals surface area contributed by atoms with Crippen LogP contribution in [0.1, 0.15) is 18.4 Å². The molecule has 1 fully saturated rings. The summed E-state index contributed by atoms with van der Waals surface area (Å²) in [6.07, 6.45) is 0.961. The SMILES string of the molecule is Cc1ccc2nc(NC(=O)C3CCN(S(=O)(=O)c4ccc(Cl)s4)CC3)sc2c1. The molecule has 0 saturated carbocycles. The van der Waals surface area contributed by atoms with Crippen molar-refractivity contribution in [2.24, 2.45) is 5.92 Å². The standard InChI is InChI=1S/C18H18ClN3O3S3/c1-11-2-3-13-14(10-11)26-18(20-13)21-17(23)12-6-8-22(9-7-12)28(24,25)16-5-4-15(19)27-16/h2-5,10,12H,6-9H2,1H3,(H,20,21,23). The summed E-state index contributed by atoms with van der Waals surface area (Å²) in [7, 11) is -3.55. The van der Waals surface area contributed by atoms with Gasteiger partial charge in [0.05, 0.1) is 14.6 Å². The summed E-state index contributed by atoms with van der Waals surface area (Å²) < 4.78 is 28.5. The summed E-state index contributed by atoms with van der Waals surface area (Å²) in [5.41, 5.74) is 2.01. The Hall–Kier alpha value is -1.52. The van der Waals surface area contributed by atoms with Gasteiger partial charge in [0.25, 0.3) is 10.0 Å². The van der Waals surface area contributed by atoms with E-state index in [0.29, 0.717) is 35.4 Å². The van der Waals surface area contributed by atoms with E-state index in [1.54, 1.807) is 6.07 Å². The van der Waals surface area contributed by atoms with Crippen molar-refractivity contribution in [1.82, 2.24) is 9.29 Å². The molecule has 1 aliphatic rings. The molecule has 0 atom stereocenters. The molecule has 2 aromatic heterocycles. The van der Waals surface area contributed by atoms with Crippen LogP contribution in [0.3, 0.4) is 0 Å². The lowest BCUT2D eigenvalue weighted by Crippen LogP contribution is -2.41. The maximum Gasteiger partial charge on any atom is 0.252 e. The molecule has 0 radical (unpaired) electrons. The van der Waals surface area contributed by atoms with Gasteiger partial charge < -0.3 is 5.32 Å². The zero-order chi connectivity index (χ0) is 19.9. The number of nitrogens with one attached hydrogen (secondary N) is 1. The number of benzene rings is 1. The number of halogens is 1. The fourth-order valence-corrected chi connectivity index (χ4v) is 7.29. The number of thiazole rings is 1. The molecule has 1 amide bonds. The maximum atomic E-state index is 12.7. The van der Waals surface area contributed by atoms with Gasteiger partial charge in [-0.05, 0) is 49.6 Å². The molecule has 0 unspecified atom stereocenters. The molecular formula is C18H18ClN3O3S3. The second kappa shape index (κ2) is 7.72. The van der Waals surface area contributed by atoms with E-state index < -0.39 is 10.0 Å². The summed E-state index contributed by atoms with van der Waals surface area (Å²) in [4.78, 5) is 17.1. The number of amides is 1. The van der Waals surface area contributed by atoms with Crippen LogP contribution >= 0.6 is 34.3 Å². The number of hydrogen-bond acceptors (Lipinski definition) is 6. The highest BCUT2D eigenvalue weighted by atomic mass is 35.5. The summed E-state index contributed by atoms with van der Waals surface area (Å²) >= 11 is 8.36. The molecule has 148 valence electrons. The number of carbonyl (C=O) groups excluding carboxylic acids is 1. The van der Waals surface area contributed by atoms with Gasteiger partial charge in [0.15, 0.2) is 5.13 Å². The van der Waals surface area contributed by atoms with Crippen molar-refractivity contribution in [3.8, 4) is 0 Å². The summed E-state index contributed by atoms with van der Waals surface area (Å²) in [5.74, 6) is -0.334. The zero-order valence-electron chi connectivity index (χ0n) is 15.0. The van der Waals surface area contributed by atoms with E-state index in [4.69, 9.17) is 11.6 Å². The minimum atomic E-state index is -3.55. The fourth-order valence-electron chi connectivity index (χ4n) is 3.21. The van der Waals surface area contributed by atoms with Gasteiger partial charge in [0, 0.05) is 19.0 Å². The first-order chi connectivity index (χ1) is 13.3. The number of sulfonamides is 1. The molecule has 1 N–H and O–H groups in total. The first-order valence-electron chi connectivity index (χ1n) is 8.76. The molecule has 0 spiro atoms. The monoisotopic (exact) mass is 455 g/mol. The Morgan fingerprint density at radius 2 is 1.96 bits per heavy atom. The second-order valence-corrected chi connectivity index (χ2v) is 11.6. The van der Waals surface area contributed by atoms with Crippen LogP contribution in [0.2, 0.25) is 4.34 Å². The number of rotatable bonds is 4. The van der Waals surface area contributed by atoms with E-state index in [0.717, 1.165) is 27.1 Å². The highest BCUT2D eigenvalue weighted by Gasteiger charge is 2.33. The molecule has 0 bridgehead atoms. The number of aromatic nitrogens is 1. The quantitative estimate of drug-likeness (QED) is 0.633. The van der Waals surface area contributed by atoms with E-state index in [-0.39, 0.29) is 16.0 Å². The minimum Gasteiger partial charge on any atom is -0.302 e. The fraction of sp³-hybridized carbons (Fsp3) is 0.333. The first kappa shape index (κ1) is 19.8. The zero-order valence-corrected chi connectivity index (χ0v) is 18.2. The lowest BCUT2D eigenvalue weighted by Gasteiger charge is -2.29. The summed E-state index contributed by atoms with van der Waals surface area (Å²) in [6.45, 7) is 2.65. The summed E-state index contributed by atoms with van der Waals surface area (Å²) in [5, 5.41) is 3.47. The van der Waals surface area contributed by atoms with E-state index in [1.165, 1.54) is 21.7 Å². The average molecular weight is 456 g/mol. The third-order valence-electron chi connectivity index (χ3n) is 4.74. The van der Waals surface area contributed by atoms with Crippen LogP contribution in [0.4, 0.5) is 5.13 Å². The van der Waals surface area contributed by atoms with Crippen molar-refractivity contribution >= 4 is 65.6 Å². The molecule has 6 nitrogen and oxygen atoms in total. The van der Waals surface area contributed by atoms with Crippen LogP contribution < -0.4 is 5.32 Å². The first-order valence-corrected chi connectivity index (χ1v) is 12.2. The van der Waals surface area contributed by atoms with Crippen LogP contribution in [0.5, 0.6) is 0 Å². The largest absolute Gasteiger partial charge is 0.302 e. The third-order valence-corrected chi connectivity index (χ3v) is 9.27. The lowest BCUT2D eigenvalue weighted by atomic mass is 9.97. The van der Waals surface area contributed by atoms with Gasteiger partial charge in [0.2, 0.25) is 5.91 Å². The number of nitrogens with zero attached hydrogens (tertiary/aromatic N) is 2. The summed E-state index contributed by atoms with van der Waals surface area (Å²) in [6, 6.07) is 9.08. The molecule has 1 saturated heterocycles. The van der Waals surface area contributed by atoms with Crippen molar-refractivity contribution in [2.75, 3.05) is 18.4 Å². The lowest BCUT2D eigenvalue weighted by molar-refractivity contribution is -0.120. The number of piperidine rings is 1. The van der Waals surface area contributed by atoms with Crippen molar-refractivity contribution in [3.63, 3.8) is 0 Å². The van der Waals surface area contributed by atoms with Crippen molar-refractivity contribution in [2.45, 2.75) is 24.0 Å². The van der Waals surface area contributed by atoms with Gasteiger partial charge in [-0.25, -0.2) is 13.4 Å². The predicted molar refractivity (Wildman–Crippen MR) is 114 cm³/mol. The van der Waals surface area contributed by atoms with E-state index in [2.05, 4.69) is 10.3 Å². The number of aryl methyl sites for hydroxylation is 1. The Balaban J connectivity index is 1.39. The molecule has 10 heteroatoms. The van der Waals surface area contributed by atoms with Gasteiger partial charge in [-0.3, -0.25) is 4.79 Å². The normalized spacial score (nSPS) is 16.5. The molecule has 0 aliphatic carbocycles. The van der Waals surface area contributed by atoms with Gasteiger partial charge in [0.1, 0.15) is 4.21 Å². The van der Waals surface area contributed by atoms with Gasteiger partial charge in [-0.1, -0.05) is 29.0 Å². The molecular weight excluding hydrogens is 438 g/mol. The van der Waals surface area contributed by atoms with Crippen LogP contribution in [0.15, 0.2) is 34.5 Å². The maximum absolute atomic E-state index is 12.7. The predicted octanol–water partition coefficient (Wildman–Crippen LogP) is 4.36. The Bertz CT molecular complexity index is 1130. The van der Waals surface area contributed by atoms with Gasteiger partial charge in [-0.2, -0.15) is 4.31 Å².